The summed E-state index contributed by atoms with van der Waals surface area (Å²) in [4.78, 5) is 22.6. The average Bonchev–Trinajstić information content (AvgIpc) is 3.01. The van der Waals surface area contributed by atoms with E-state index >= 15 is 0 Å². The van der Waals surface area contributed by atoms with E-state index in [0.29, 0.717) is 13.0 Å². The second-order valence-electron chi connectivity index (χ2n) is 4.92. The van der Waals surface area contributed by atoms with Crippen LogP contribution in [0, 0.1) is 0 Å². The number of hydrogen-bond donors (Lipinski definition) is 2. The summed E-state index contributed by atoms with van der Waals surface area (Å²) in [6, 6.07) is 1.86. The Bertz CT molecular complexity index is 435. The topological polar surface area (TPSA) is 70.2 Å². The molecule has 0 bridgehead atoms. The van der Waals surface area contributed by atoms with Crippen LogP contribution in [-0.4, -0.2) is 47.5 Å². The molecule has 1 aromatic rings. The summed E-state index contributed by atoms with van der Waals surface area (Å²) in [6.45, 7) is 4.46. The highest BCUT2D eigenvalue weighted by atomic mass is 16.2. The highest BCUT2D eigenvalue weighted by Gasteiger charge is 2.17. The normalized spacial score (nSPS) is 14.4. The van der Waals surface area contributed by atoms with Crippen LogP contribution < -0.4 is 10.6 Å². The summed E-state index contributed by atoms with van der Waals surface area (Å²) in [7, 11) is 1.84. The van der Waals surface area contributed by atoms with Crippen molar-refractivity contribution in [1.82, 2.24) is 14.9 Å². The number of rotatable bonds is 6. The Morgan fingerprint density at radius 3 is 2.65 bits per heavy atom. The predicted octanol–water partition coefficient (Wildman–Crippen LogP) is 1.51. The standard InChI is InChI=1S/C14H23N5O/c1-3-11-17-12(15-2)10-13(18-11)16-7-6-14(20)19-8-4-5-9-19/h10H,3-9H2,1-2H3,(H2,15,16,17,18). The van der Waals surface area contributed by atoms with Crippen LogP contribution in [0.2, 0.25) is 0 Å². The van der Waals surface area contributed by atoms with E-state index in [0.717, 1.165) is 49.8 Å². The maximum Gasteiger partial charge on any atom is 0.224 e. The van der Waals surface area contributed by atoms with Crippen molar-refractivity contribution < 1.29 is 4.79 Å². The lowest BCUT2D eigenvalue weighted by atomic mass is 10.3. The van der Waals surface area contributed by atoms with Crippen molar-refractivity contribution in [2.45, 2.75) is 32.6 Å². The average molecular weight is 277 g/mol. The van der Waals surface area contributed by atoms with Crippen LogP contribution in [-0.2, 0) is 11.2 Å². The monoisotopic (exact) mass is 277 g/mol. The van der Waals surface area contributed by atoms with Crippen molar-refractivity contribution in [2.24, 2.45) is 0 Å². The van der Waals surface area contributed by atoms with Gasteiger partial charge in [0, 0.05) is 45.6 Å². The number of hydrogen-bond acceptors (Lipinski definition) is 5. The number of likely N-dealkylation sites (tertiary alicyclic amines) is 1. The molecule has 2 N–H and O–H groups in total. The van der Waals surface area contributed by atoms with Gasteiger partial charge in [-0.05, 0) is 12.8 Å². The van der Waals surface area contributed by atoms with Crippen molar-refractivity contribution in [2.75, 3.05) is 37.3 Å². The third kappa shape index (κ3) is 3.82. The molecule has 1 aromatic heterocycles. The Balaban J connectivity index is 1.85. The Morgan fingerprint density at radius 1 is 1.30 bits per heavy atom. The summed E-state index contributed by atoms with van der Waals surface area (Å²) in [5.74, 6) is 2.60. The summed E-state index contributed by atoms with van der Waals surface area (Å²) < 4.78 is 0. The second-order valence-corrected chi connectivity index (χ2v) is 4.92. The van der Waals surface area contributed by atoms with Crippen molar-refractivity contribution in [3.8, 4) is 0 Å². The van der Waals surface area contributed by atoms with Crippen molar-refractivity contribution in [1.29, 1.82) is 0 Å². The maximum atomic E-state index is 11.9. The largest absolute Gasteiger partial charge is 0.373 e. The van der Waals surface area contributed by atoms with Gasteiger partial charge in [-0.15, -0.1) is 0 Å². The molecule has 6 nitrogen and oxygen atoms in total. The molecule has 0 radical (unpaired) electrons. The SMILES string of the molecule is CCc1nc(NC)cc(NCCC(=O)N2CCCC2)n1. The molecule has 0 unspecified atom stereocenters. The molecular weight excluding hydrogens is 254 g/mol. The molecule has 1 amide bonds. The Kier molecular flexibility index (Phi) is 5.15. The van der Waals surface area contributed by atoms with Crippen molar-refractivity contribution in [3.05, 3.63) is 11.9 Å². The van der Waals surface area contributed by atoms with Gasteiger partial charge in [-0.25, -0.2) is 9.97 Å². The molecule has 20 heavy (non-hydrogen) atoms. The number of amides is 1. The third-order valence-electron chi connectivity index (χ3n) is 3.45. The molecule has 1 saturated heterocycles. The van der Waals surface area contributed by atoms with Crippen LogP contribution in [0.4, 0.5) is 11.6 Å². The third-order valence-corrected chi connectivity index (χ3v) is 3.45. The zero-order chi connectivity index (χ0) is 14.4. The number of anilines is 2. The zero-order valence-corrected chi connectivity index (χ0v) is 12.3. The van der Waals surface area contributed by atoms with Crippen LogP contribution >= 0.6 is 0 Å². The van der Waals surface area contributed by atoms with E-state index in [9.17, 15) is 4.79 Å². The number of aryl methyl sites for hydroxylation is 1. The van der Waals surface area contributed by atoms with E-state index in [1.165, 1.54) is 0 Å². The number of nitrogens with one attached hydrogen (secondary N) is 2. The van der Waals surface area contributed by atoms with Gasteiger partial charge >= 0.3 is 0 Å². The van der Waals surface area contributed by atoms with E-state index in [2.05, 4.69) is 20.6 Å². The Hall–Kier alpha value is -1.85. The van der Waals surface area contributed by atoms with Gasteiger partial charge < -0.3 is 15.5 Å². The first-order valence-electron chi connectivity index (χ1n) is 7.30. The molecule has 110 valence electrons. The molecular formula is C14H23N5O. The number of carbonyl (C=O) groups is 1. The van der Waals surface area contributed by atoms with Crippen molar-refractivity contribution >= 4 is 17.5 Å². The van der Waals surface area contributed by atoms with Crippen LogP contribution in [0.1, 0.15) is 32.0 Å². The summed E-state index contributed by atoms with van der Waals surface area (Å²) in [5.41, 5.74) is 0. The van der Waals surface area contributed by atoms with Gasteiger partial charge in [-0.3, -0.25) is 4.79 Å². The molecule has 2 rings (SSSR count). The van der Waals surface area contributed by atoms with E-state index in [1.807, 2.05) is 24.9 Å². The molecule has 0 aliphatic carbocycles. The first kappa shape index (κ1) is 14.6. The highest BCUT2D eigenvalue weighted by Crippen LogP contribution is 2.12. The first-order valence-corrected chi connectivity index (χ1v) is 7.30. The number of aromatic nitrogens is 2. The minimum atomic E-state index is 0.230. The molecule has 0 aromatic carbocycles. The van der Waals surface area contributed by atoms with Gasteiger partial charge in [0.2, 0.25) is 5.91 Å². The summed E-state index contributed by atoms with van der Waals surface area (Å²) in [5, 5.41) is 6.23. The Morgan fingerprint density at radius 2 is 2.00 bits per heavy atom. The molecule has 0 atom stereocenters. The van der Waals surface area contributed by atoms with E-state index < -0.39 is 0 Å². The minimum absolute atomic E-state index is 0.230. The van der Waals surface area contributed by atoms with Gasteiger partial charge in [-0.1, -0.05) is 6.92 Å². The van der Waals surface area contributed by atoms with Gasteiger partial charge in [0.25, 0.3) is 0 Å². The van der Waals surface area contributed by atoms with Crippen molar-refractivity contribution in [3.63, 3.8) is 0 Å². The molecule has 2 heterocycles. The molecule has 1 aliphatic rings. The summed E-state index contributed by atoms with van der Waals surface area (Å²) in [6.07, 6.45) is 3.57. The van der Waals surface area contributed by atoms with Crippen LogP contribution in [0.3, 0.4) is 0 Å². The minimum Gasteiger partial charge on any atom is -0.373 e. The van der Waals surface area contributed by atoms with Crippen LogP contribution in [0.15, 0.2) is 6.07 Å². The van der Waals surface area contributed by atoms with Gasteiger partial charge in [0.15, 0.2) is 0 Å². The zero-order valence-electron chi connectivity index (χ0n) is 12.3. The van der Waals surface area contributed by atoms with Gasteiger partial charge in [0.1, 0.15) is 17.5 Å². The van der Waals surface area contributed by atoms with E-state index in [4.69, 9.17) is 0 Å². The molecule has 6 heteroatoms. The lowest BCUT2D eigenvalue weighted by Gasteiger charge is -2.15. The number of nitrogens with zero attached hydrogens (tertiary/aromatic N) is 3. The highest BCUT2D eigenvalue weighted by molar-refractivity contribution is 5.76. The molecule has 0 spiro atoms. The van der Waals surface area contributed by atoms with Gasteiger partial charge in [-0.2, -0.15) is 0 Å². The molecule has 0 saturated carbocycles. The molecule has 1 fully saturated rings. The summed E-state index contributed by atoms with van der Waals surface area (Å²) >= 11 is 0. The fourth-order valence-corrected chi connectivity index (χ4v) is 2.30. The number of carbonyl (C=O) groups excluding carboxylic acids is 1. The first-order chi connectivity index (χ1) is 9.72. The van der Waals surface area contributed by atoms with Crippen LogP contribution in [0.25, 0.3) is 0 Å². The fourth-order valence-electron chi connectivity index (χ4n) is 2.30. The van der Waals surface area contributed by atoms with Gasteiger partial charge in [0.05, 0.1) is 0 Å². The predicted molar refractivity (Wildman–Crippen MR) is 79.9 cm³/mol. The fraction of sp³-hybridized carbons (Fsp3) is 0.643. The smallest absolute Gasteiger partial charge is 0.224 e. The van der Waals surface area contributed by atoms with Crippen LogP contribution in [0.5, 0.6) is 0 Å². The Labute approximate surface area is 120 Å². The second kappa shape index (κ2) is 7.07. The lowest BCUT2D eigenvalue weighted by Crippen LogP contribution is -2.29. The molecule has 1 aliphatic heterocycles. The van der Waals surface area contributed by atoms with E-state index in [1.54, 1.807) is 0 Å². The van der Waals surface area contributed by atoms with E-state index in [-0.39, 0.29) is 5.91 Å². The quantitative estimate of drug-likeness (QED) is 0.824. The maximum absolute atomic E-state index is 11.9. The lowest BCUT2D eigenvalue weighted by molar-refractivity contribution is -0.129.